The number of halogens is 2. The molecule has 1 atom stereocenters. The van der Waals surface area contributed by atoms with Gasteiger partial charge in [0, 0.05) is 10.9 Å². The molecule has 0 amide bonds. The highest BCUT2D eigenvalue weighted by Gasteiger charge is 2.19. The summed E-state index contributed by atoms with van der Waals surface area (Å²) < 4.78 is 13.2. The van der Waals surface area contributed by atoms with Crippen LogP contribution in [0.1, 0.15) is 41.0 Å². The number of hydrogen-bond donors (Lipinski definition) is 1. The summed E-state index contributed by atoms with van der Waals surface area (Å²) in [5.41, 5.74) is 3.27. The van der Waals surface area contributed by atoms with E-state index in [2.05, 4.69) is 17.6 Å². The summed E-state index contributed by atoms with van der Waals surface area (Å²) in [7, 11) is 0. The van der Waals surface area contributed by atoms with E-state index in [1.807, 2.05) is 19.9 Å². The van der Waals surface area contributed by atoms with Gasteiger partial charge in [-0.05, 0) is 67.4 Å². The smallest absolute Gasteiger partial charge is 0.123 e. The first-order chi connectivity index (χ1) is 10.0. The second kappa shape index (κ2) is 7.39. The number of thiophene rings is 1. The van der Waals surface area contributed by atoms with E-state index >= 15 is 0 Å². The zero-order chi connectivity index (χ0) is 15.4. The lowest BCUT2D eigenvalue weighted by Gasteiger charge is -2.19. The average Bonchev–Trinajstić information content (AvgIpc) is 2.77. The molecule has 0 radical (unpaired) electrons. The molecule has 0 saturated carbocycles. The van der Waals surface area contributed by atoms with Gasteiger partial charge in [0.25, 0.3) is 0 Å². The molecule has 1 heterocycles. The van der Waals surface area contributed by atoms with E-state index in [1.54, 1.807) is 17.4 Å². The van der Waals surface area contributed by atoms with Crippen molar-refractivity contribution < 1.29 is 4.39 Å². The summed E-state index contributed by atoms with van der Waals surface area (Å²) in [6, 6.07) is 5.17. The molecule has 21 heavy (non-hydrogen) atoms. The SMILES string of the molecule is CCCNC(Cc1ccc(F)cc1C)c1scc(C)c1Cl. The Hall–Kier alpha value is -0.900. The summed E-state index contributed by atoms with van der Waals surface area (Å²) in [6.07, 6.45) is 1.90. The third-order valence-electron chi connectivity index (χ3n) is 3.61. The molecule has 4 heteroatoms. The van der Waals surface area contributed by atoms with Gasteiger partial charge in [-0.25, -0.2) is 4.39 Å². The summed E-state index contributed by atoms with van der Waals surface area (Å²) in [6.45, 7) is 7.07. The van der Waals surface area contributed by atoms with Crippen LogP contribution in [0.15, 0.2) is 23.6 Å². The molecular weight excluding hydrogens is 305 g/mol. The topological polar surface area (TPSA) is 12.0 Å². The Kier molecular flexibility index (Phi) is 5.80. The lowest BCUT2D eigenvalue weighted by atomic mass is 9.99. The molecule has 1 unspecified atom stereocenters. The van der Waals surface area contributed by atoms with Crippen LogP contribution in [-0.4, -0.2) is 6.54 Å². The summed E-state index contributed by atoms with van der Waals surface area (Å²) in [5, 5.41) is 6.51. The maximum Gasteiger partial charge on any atom is 0.123 e. The Morgan fingerprint density at radius 1 is 1.29 bits per heavy atom. The van der Waals surface area contributed by atoms with E-state index in [-0.39, 0.29) is 11.9 Å². The zero-order valence-electron chi connectivity index (χ0n) is 12.7. The van der Waals surface area contributed by atoms with Gasteiger partial charge in [-0.1, -0.05) is 24.6 Å². The molecule has 1 nitrogen and oxygen atoms in total. The molecule has 2 rings (SSSR count). The molecule has 0 aliphatic rings. The minimum absolute atomic E-state index is 0.181. The van der Waals surface area contributed by atoms with Crippen molar-refractivity contribution in [2.75, 3.05) is 6.54 Å². The minimum atomic E-state index is -0.181. The molecule has 0 aliphatic heterocycles. The molecule has 2 aromatic rings. The normalized spacial score (nSPS) is 12.6. The summed E-state index contributed by atoms with van der Waals surface area (Å²) in [5.74, 6) is -0.181. The monoisotopic (exact) mass is 325 g/mol. The molecule has 114 valence electrons. The Morgan fingerprint density at radius 2 is 2.05 bits per heavy atom. The predicted molar refractivity (Wildman–Crippen MR) is 89.9 cm³/mol. The van der Waals surface area contributed by atoms with E-state index < -0.39 is 0 Å². The van der Waals surface area contributed by atoms with Crippen LogP contribution in [0.5, 0.6) is 0 Å². The fraction of sp³-hybridized carbons (Fsp3) is 0.412. The van der Waals surface area contributed by atoms with Crippen LogP contribution in [0.2, 0.25) is 5.02 Å². The largest absolute Gasteiger partial charge is 0.309 e. The van der Waals surface area contributed by atoms with Crippen LogP contribution in [0, 0.1) is 19.7 Å². The van der Waals surface area contributed by atoms with E-state index in [0.29, 0.717) is 0 Å². The van der Waals surface area contributed by atoms with Crippen LogP contribution in [-0.2, 0) is 6.42 Å². The highest BCUT2D eigenvalue weighted by Crippen LogP contribution is 2.34. The van der Waals surface area contributed by atoms with Crippen molar-refractivity contribution in [2.45, 2.75) is 39.7 Å². The van der Waals surface area contributed by atoms with E-state index in [1.165, 1.54) is 10.9 Å². The molecule has 1 N–H and O–H groups in total. The Morgan fingerprint density at radius 3 is 2.62 bits per heavy atom. The van der Waals surface area contributed by atoms with Crippen molar-refractivity contribution in [3.63, 3.8) is 0 Å². The molecule has 0 saturated heterocycles. The fourth-order valence-electron chi connectivity index (χ4n) is 2.37. The molecular formula is C17H21ClFNS. The summed E-state index contributed by atoms with van der Waals surface area (Å²) in [4.78, 5) is 1.17. The van der Waals surface area contributed by atoms with Gasteiger partial charge in [0.1, 0.15) is 5.82 Å². The standard InChI is InChI=1S/C17H21ClFNS/c1-4-7-20-15(17-16(18)12(3)10-21-17)9-13-5-6-14(19)8-11(13)2/h5-6,8,10,15,20H,4,7,9H2,1-3H3. The number of rotatable bonds is 6. The first-order valence-corrected chi connectivity index (χ1v) is 8.50. The Labute approximate surface area is 135 Å². The number of benzene rings is 1. The maximum atomic E-state index is 13.2. The second-order valence-electron chi connectivity index (χ2n) is 5.38. The molecule has 0 aliphatic carbocycles. The van der Waals surface area contributed by atoms with Crippen molar-refractivity contribution in [1.29, 1.82) is 0 Å². The first kappa shape index (κ1) is 16.5. The third-order valence-corrected chi connectivity index (χ3v) is 5.44. The average molecular weight is 326 g/mol. The van der Waals surface area contributed by atoms with Crippen LogP contribution in [0.3, 0.4) is 0 Å². The highest BCUT2D eigenvalue weighted by atomic mass is 35.5. The van der Waals surface area contributed by atoms with Crippen molar-refractivity contribution in [3.05, 3.63) is 56.0 Å². The summed E-state index contributed by atoms with van der Waals surface area (Å²) >= 11 is 8.12. The van der Waals surface area contributed by atoms with Crippen molar-refractivity contribution in [1.82, 2.24) is 5.32 Å². The lowest BCUT2D eigenvalue weighted by Crippen LogP contribution is -2.24. The van der Waals surface area contributed by atoms with Gasteiger partial charge < -0.3 is 5.32 Å². The van der Waals surface area contributed by atoms with Crippen molar-refractivity contribution in [2.24, 2.45) is 0 Å². The third kappa shape index (κ3) is 4.06. The Bertz CT molecular complexity index is 609. The van der Waals surface area contributed by atoms with Gasteiger partial charge in [0.2, 0.25) is 0 Å². The quantitative estimate of drug-likeness (QED) is 0.745. The van der Waals surface area contributed by atoms with Gasteiger partial charge in [-0.15, -0.1) is 11.3 Å². The maximum absolute atomic E-state index is 13.2. The zero-order valence-corrected chi connectivity index (χ0v) is 14.2. The van der Waals surface area contributed by atoms with Gasteiger partial charge in [-0.3, -0.25) is 0 Å². The molecule has 0 bridgehead atoms. The van der Waals surface area contributed by atoms with Gasteiger partial charge >= 0.3 is 0 Å². The van der Waals surface area contributed by atoms with Gasteiger partial charge in [-0.2, -0.15) is 0 Å². The molecule has 1 aromatic heterocycles. The van der Waals surface area contributed by atoms with E-state index in [9.17, 15) is 4.39 Å². The first-order valence-electron chi connectivity index (χ1n) is 7.24. The van der Waals surface area contributed by atoms with Crippen molar-refractivity contribution >= 4 is 22.9 Å². The number of aryl methyl sites for hydroxylation is 2. The molecule has 1 aromatic carbocycles. The Balaban J connectivity index is 2.26. The van der Waals surface area contributed by atoms with E-state index in [0.717, 1.165) is 41.1 Å². The van der Waals surface area contributed by atoms with Crippen LogP contribution >= 0.6 is 22.9 Å². The molecule has 0 spiro atoms. The second-order valence-corrected chi connectivity index (χ2v) is 6.67. The molecule has 0 fully saturated rings. The highest BCUT2D eigenvalue weighted by molar-refractivity contribution is 7.10. The van der Waals surface area contributed by atoms with Gasteiger partial charge in [0.05, 0.1) is 5.02 Å². The fourth-order valence-corrected chi connectivity index (χ4v) is 3.77. The van der Waals surface area contributed by atoms with Gasteiger partial charge in [0.15, 0.2) is 0 Å². The number of nitrogens with one attached hydrogen (secondary N) is 1. The van der Waals surface area contributed by atoms with Crippen LogP contribution in [0.25, 0.3) is 0 Å². The van der Waals surface area contributed by atoms with Crippen LogP contribution in [0.4, 0.5) is 4.39 Å². The van der Waals surface area contributed by atoms with Crippen LogP contribution < -0.4 is 5.32 Å². The van der Waals surface area contributed by atoms with E-state index in [4.69, 9.17) is 11.6 Å². The lowest BCUT2D eigenvalue weighted by molar-refractivity contribution is 0.534. The van der Waals surface area contributed by atoms with Crippen molar-refractivity contribution in [3.8, 4) is 0 Å². The number of hydrogen-bond acceptors (Lipinski definition) is 2. The predicted octanol–water partition coefficient (Wildman–Crippen LogP) is 5.44. The minimum Gasteiger partial charge on any atom is -0.309 e.